The van der Waals surface area contributed by atoms with Gasteiger partial charge in [-0.2, -0.15) is 0 Å². The lowest BCUT2D eigenvalue weighted by Gasteiger charge is -2.08. The number of carbonyl (C=O) groups is 1. The Morgan fingerprint density at radius 2 is 1.95 bits per heavy atom. The number of amides is 1. The molecule has 2 nitrogen and oxygen atoms in total. The van der Waals surface area contributed by atoms with Gasteiger partial charge in [0.05, 0.1) is 10.2 Å². The van der Waals surface area contributed by atoms with E-state index in [1.165, 1.54) is 18.2 Å². The zero-order chi connectivity index (χ0) is 14.0. The van der Waals surface area contributed by atoms with Crippen molar-refractivity contribution < 1.29 is 13.6 Å². The van der Waals surface area contributed by atoms with Crippen molar-refractivity contribution in [3.05, 3.63) is 63.6 Å². The molecule has 2 aromatic rings. The standard InChI is InChI=1S/C14H10BrF2NO/c1-8-3-2-4-12(13(8)17)18-14(19)9-5-6-10(15)11(16)7-9/h2-7H,1H3,(H,18,19). The number of hydrogen-bond acceptors (Lipinski definition) is 1. The Morgan fingerprint density at radius 3 is 2.63 bits per heavy atom. The molecular weight excluding hydrogens is 316 g/mol. The minimum atomic E-state index is -0.559. The van der Waals surface area contributed by atoms with Crippen LogP contribution in [0.15, 0.2) is 40.9 Å². The molecule has 5 heteroatoms. The molecule has 0 aliphatic rings. The number of halogens is 3. The molecule has 1 N–H and O–H groups in total. The second kappa shape index (κ2) is 5.48. The van der Waals surface area contributed by atoms with Crippen LogP contribution < -0.4 is 5.32 Å². The lowest BCUT2D eigenvalue weighted by molar-refractivity contribution is 0.102. The van der Waals surface area contributed by atoms with E-state index in [2.05, 4.69) is 21.2 Å². The number of benzene rings is 2. The molecule has 2 rings (SSSR count). The van der Waals surface area contributed by atoms with E-state index >= 15 is 0 Å². The molecule has 0 saturated carbocycles. The molecule has 0 unspecified atom stereocenters. The number of carbonyl (C=O) groups excluding carboxylic acids is 1. The molecule has 0 heterocycles. The molecule has 0 radical (unpaired) electrons. The molecule has 2 aromatic carbocycles. The normalized spacial score (nSPS) is 10.3. The van der Waals surface area contributed by atoms with Gasteiger partial charge in [-0.1, -0.05) is 12.1 Å². The van der Waals surface area contributed by atoms with Gasteiger partial charge in [-0.15, -0.1) is 0 Å². The van der Waals surface area contributed by atoms with Crippen molar-refractivity contribution in [2.24, 2.45) is 0 Å². The molecule has 0 saturated heterocycles. The van der Waals surface area contributed by atoms with E-state index in [1.807, 2.05) is 0 Å². The molecule has 1 amide bonds. The molecule has 98 valence electrons. The monoisotopic (exact) mass is 325 g/mol. The Bertz CT molecular complexity index is 643. The van der Waals surface area contributed by atoms with Gasteiger partial charge in [-0.05, 0) is 52.7 Å². The zero-order valence-corrected chi connectivity index (χ0v) is 11.6. The van der Waals surface area contributed by atoms with Crippen molar-refractivity contribution in [1.29, 1.82) is 0 Å². The van der Waals surface area contributed by atoms with Crippen LogP contribution in [0.2, 0.25) is 0 Å². The van der Waals surface area contributed by atoms with Crippen LogP contribution in [0, 0.1) is 18.6 Å². The predicted molar refractivity (Wildman–Crippen MR) is 73.2 cm³/mol. The first-order valence-corrected chi connectivity index (χ1v) is 6.30. The number of aryl methyl sites for hydroxylation is 1. The van der Waals surface area contributed by atoms with Gasteiger partial charge in [-0.25, -0.2) is 8.78 Å². The topological polar surface area (TPSA) is 29.1 Å². The number of nitrogens with one attached hydrogen (secondary N) is 1. The van der Waals surface area contributed by atoms with Crippen LogP contribution >= 0.6 is 15.9 Å². The Hall–Kier alpha value is -1.75. The lowest BCUT2D eigenvalue weighted by atomic mass is 10.1. The minimum absolute atomic E-state index is 0.0772. The zero-order valence-electron chi connectivity index (χ0n) is 10.0. The molecule has 0 atom stereocenters. The summed E-state index contributed by atoms with van der Waals surface area (Å²) < 4.78 is 27.3. The summed E-state index contributed by atoms with van der Waals surface area (Å²) in [6, 6.07) is 8.66. The summed E-state index contributed by atoms with van der Waals surface area (Å²) in [6.07, 6.45) is 0. The molecular formula is C14H10BrF2NO. The Balaban J connectivity index is 2.26. The van der Waals surface area contributed by atoms with Gasteiger partial charge in [0.25, 0.3) is 5.91 Å². The first-order valence-electron chi connectivity index (χ1n) is 5.50. The largest absolute Gasteiger partial charge is 0.319 e. The van der Waals surface area contributed by atoms with Crippen LogP contribution in [0.4, 0.5) is 14.5 Å². The second-order valence-corrected chi connectivity index (χ2v) is 4.87. The molecule has 0 aliphatic heterocycles. The first kappa shape index (κ1) is 13.7. The van der Waals surface area contributed by atoms with Crippen molar-refractivity contribution in [3.63, 3.8) is 0 Å². The van der Waals surface area contributed by atoms with Crippen molar-refractivity contribution >= 4 is 27.5 Å². The Labute approximate surface area is 117 Å². The molecule has 0 spiro atoms. The highest BCUT2D eigenvalue weighted by Crippen LogP contribution is 2.20. The number of rotatable bonds is 2. The predicted octanol–water partition coefficient (Wildman–Crippen LogP) is 4.29. The Morgan fingerprint density at radius 1 is 1.21 bits per heavy atom. The van der Waals surface area contributed by atoms with E-state index in [4.69, 9.17) is 0 Å². The fourth-order valence-electron chi connectivity index (χ4n) is 1.58. The van der Waals surface area contributed by atoms with E-state index in [-0.39, 0.29) is 15.7 Å². The number of hydrogen-bond donors (Lipinski definition) is 1. The fourth-order valence-corrected chi connectivity index (χ4v) is 1.82. The van der Waals surface area contributed by atoms with Crippen molar-refractivity contribution in [2.75, 3.05) is 5.32 Å². The van der Waals surface area contributed by atoms with Gasteiger partial charge >= 0.3 is 0 Å². The summed E-state index contributed by atoms with van der Waals surface area (Å²) in [7, 11) is 0. The molecule has 0 fully saturated rings. The quantitative estimate of drug-likeness (QED) is 0.876. The summed E-state index contributed by atoms with van der Waals surface area (Å²) >= 11 is 3.00. The summed E-state index contributed by atoms with van der Waals surface area (Å²) in [5.74, 6) is -1.60. The smallest absolute Gasteiger partial charge is 0.255 e. The highest BCUT2D eigenvalue weighted by Gasteiger charge is 2.12. The van der Waals surface area contributed by atoms with Crippen LogP contribution in [0.25, 0.3) is 0 Å². The lowest BCUT2D eigenvalue weighted by Crippen LogP contribution is -2.13. The molecule has 0 aromatic heterocycles. The third-order valence-electron chi connectivity index (χ3n) is 2.62. The Kier molecular flexibility index (Phi) is 3.95. The van der Waals surface area contributed by atoms with Crippen LogP contribution in [0.1, 0.15) is 15.9 Å². The van der Waals surface area contributed by atoms with Crippen LogP contribution in [0.3, 0.4) is 0 Å². The summed E-state index contributed by atoms with van der Waals surface area (Å²) in [6.45, 7) is 1.60. The second-order valence-electron chi connectivity index (χ2n) is 4.02. The number of anilines is 1. The maximum Gasteiger partial charge on any atom is 0.255 e. The van der Waals surface area contributed by atoms with Crippen molar-refractivity contribution in [1.82, 2.24) is 0 Å². The van der Waals surface area contributed by atoms with Crippen LogP contribution in [0.5, 0.6) is 0 Å². The fraction of sp³-hybridized carbons (Fsp3) is 0.0714. The van der Waals surface area contributed by atoms with Crippen molar-refractivity contribution in [2.45, 2.75) is 6.92 Å². The average molecular weight is 326 g/mol. The minimum Gasteiger partial charge on any atom is -0.319 e. The molecule has 0 aliphatic carbocycles. The maximum atomic E-state index is 13.7. The average Bonchev–Trinajstić information content (AvgIpc) is 2.38. The van der Waals surface area contributed by atoms with E-state index in [9.17, 15) is 13.6 Å². The van der Waals surface area contributed by atoms with E-state index in [0.29, 0.717) is 5.56 Å². The SMILES string of the molecule is Cc1cccc(NC(=O)c2ccc(Br)c(F)c2)c1F. The van der Waals surface area contributed by atoms with Gasteiger partial charge in [0, 0.05) is 5.56 Å². The van der Waals surface area contributed by atoms with E-state index in [0.717, 1.165) is 6.07 Å². The van der Waals surface area contributed by atoms with Crippen LogP contribution in [-0.2, 0) is 0 Å². The van der Waals surface area contributed by atoms with Gasteiger partial charge in [0.1, 0.15) is 11.6 Å². The summed E-state index contributed by atoms with van der Waals surface area (Å²) in [5, 5.41) is 2.42. The summed E-state index contributed by atoms with van der Waals surface area (Å²) in [4.78, 5) is 11.9. The highest BCUT2D eigenvalue weighted by molar-refractivity contribution is 9.10. The van der Waals surface area contributed by atoms with Gasteiger partial charge in [0.15, 0.2) is 0 Å². The van der Waals surface area contributed by atoms with Gasteiger partial charge < -0.3 is 5.32 Å². The van der Waals surface area contributed by atoms with Gasteiger partial charge in [-0.3, -0.25) is 4.79 Å². The van der Waals surface area contributed by atoms with E-state index < -0.39 is 17.5 Å². The third kappa shape index (κ3) is 2.98. The molecule has 19 heavy (non-hydrogen) atoms. The third-order valence-corrected chi connectivity index (χ3v) is 3.26. The highest BCUT2D eigenvalue weighted by atomic mass is 79.9. The van der Waals surface area contributed by atoms with Crippen LogP contribution in [-0.4, -0.2) is 5.91 Å². The van der Waals surface area contributed by atoms with Crippen molar-refractivity contribution in [3.8, 4) is 0 Å². The van der Waals surface area contributed by atoms with E-state index in [1.54, 1.807) is 19.1 Å². The van der Waals surface area contributed by atoms with Gasteiger partial charge in [0.2, 0.25) is 0 Å². The maximum absolute atomic E-state index is 13.7. The molecule has 0 bridgehead atoms. The first-order chi connectivity index (χ1) is 8.99. The summed E-state index contributed by atoms with van der Waals surface area (Å²) in [5.41, 5.74) is 0.634.